The van der Waals surface area contributed by atoms with Gasteiger partial charge in [0, 0.05) is 34.8 Å². The van der Waals surface area contributed by atoms with Gasteiger partial charge in [-0.2, -0.15) is 0 Å². The lowest BCUT2D eigenvalue weighted by Crippen LogP contribution is -2.43. The van der Waals surface area contributed by atoms with Gasteiger partial charge in [0.1, 0.15) is 10.8 Å². The van der Waals surface area contributed by atoms with Crippen molar-refractivity contribution in [3.63, 3.8) is 0 Å². The van der Waals surface area contributed by atoms with Crippen molar-refractivity contribution in [1.82, 2.24) is 19.9 Å². The van der Waals surface area contributed by atoms with E-state index in [0.717, 1.165) is 67.4 Å². The fourth-order valence-electron chi connectivity index (χ4n) is 5.43. The number of thiazole rings is 1. The number of ether oxygens (including phenoxy) is 1. The van der Waals surface area contributed by atoms with Crippen LogP contribution in [0.4, 0.5) is 0 Å². The van der Waals surface area contributed by atoms with Gasteiger partial charge < -0.3 is 19.7 Å². The van der Waals surface area contributed by atoms with Crippen LogP contribution in [0.3, 0.4) is 0 Å². The number of carboxylic acids is 1. The second kappa shape index (κ2) is 9.96. The molecule has 7 nitrogen and oxygen atoms in total. The lowest BCUT2D eigenvalue weighted by molar-refractivity contribution is -0.160. The molecule has 206 valence electrons. The van der Waals surface area contributed by atoms with Crippen LogP contribution in [0.2, 0.25) is 5.02 Å². The van der Waals surface area contributed by atoms with E-state index < -0.39 is 17.7 Å². The van der Waals surface area contributed by atoms with Crippen molar-refractivity contribution in [3.8, 4) is 21.7 Å². The minimum Gasteiger partial charge on any atom is -0.479 e. The summed E-state index contributed by atoms with van der Waals surface area (Å²) >= 11 is 7.79. The molecule has 1 fully saturated rings. The molecule has 40 heavy (non-hydrogen) atoms. The zero-order chi connectivity index (χ0) is 28.3. The molecule has 1 atom stereocenters. The van der Waals surface area contributed by atoms with Gasteiger partial charge in [-0.3, -0.25) is 0 Å². The maximum absolute atomic E-state index is 12.6. The molecule has 0 bridgehead atoms. The van der Waals surface area contributed by atoms with Gasteiger partial charge in [0.2, 0.25) is 0 Å². The number of nitrogens with one attached hydrogen (secondary N) is 1. The van der Waals surface area contributed by atoms with E-state index in [1.54, 1.807) is 11.3 Å². The number of halogens is 1. The first-order valence-corrected chi connectivity index (χ1v) is 14.5. The predicted octanol–water partition coefficient (Wildman–Crippen LogP) is 7.34. The maximum atomic E-state index is 12.6. The summed E-state index contributed by atoms with van der Waals surface area (Å²) in [7, 11) is 0. The van der Waals surface area contributed by atoms with E-state index in [4.69, 9.17) is 26.3 Å². The predicted molar refractivity (Wildman–Crippen MR) is 161 cm³/mol. The molecule has 0 saturated carbocycles. The van der Waals surface area contributed by atoms with Gasteiger partial charge in [-0.25, -0.2) is 14.8 Å². The van der Waals surface area contributed by atoms with Crippen molar-refractivity contribution in [1.29, 1.82) is 0 Å². The number of hydrogen-bond acceptors (Lipinski definition) is 6. The molecule has 9 heteroatoms. The van der Waals surface area contributed by atoms with Crippen molar-refractivity contribution < 1.29 is 14.6 Å². The first-order valence-electron chi connectivity index (χ1n) is 13.3. The molecular weight excluding hydrogens is 544 g/mol. The van der Waals surface area contributed by atoms with Gasteiger partial charge in [0.05, 0.1) is 32.9 Å². The van der Waals surface area contributed by atoms with Crippen LogP contribution in [0.5, 0.6) is 0 Å². The molecule has 2 aromatic heterocycles. The van der Waals surface area contributed by atoms with E-state index in [2.05, 4.69) is 35.0 Å². The molecule has 0 aliphatic carbocycles. The van der Waals surface area contributed by atoms with Crippen LogP contribution in [-0.4, -0.2) is 44.3 Å². The van der Waals surface area contributed by atoms with E-state index in [9.17, 15) is 9.90 Å². The standard InChI is InChI=1S/C31H31ClN4O3S/c1-16-12-23-28(26(18-6-9-20(32)10-7-18)25(16)27(30(37)38)39-31(3,4)5)40-29(35-23)19-8-11-22-24(13-19)36(17(2)34-22)21-14-33-15-21/h6-13,21,27,33H,14-15H2,1-5H3,(H,37,38). The number of rotatable bonds is 6. The molecule has 3 heterocycles. The molecule has 0 spiro atoms. The first kappa shape index (κ1) is 26.9. The van der Waals surface area contributed by atoms with Crippen molar-refractivity contribution in [2.75, 3.05) is 13.1 Å². The lowest BCUT2D eigenvalue weighted by atomic mass is 9.91. The molecular formula is C31H31ClN4O3S. The smallest absolute Gasteiger partial charge is 0.337 e. The third kappa shape index (κ3) is 4.79. The Bertz CT molecular complexity index is 1760. The minimum atomic E-state index is -1.15. The Labute approximate surface area is 241 Å². The van der Waals surface area contributed by atoms with Crippen molar-refractivity contribution in [2.45, 2.75) is 52.4 Å². The second-order valence-electron chi connectivity index (χ2n) is 11.3. The summed E-state index contributed by atoms with van der Waals surface area (Å²) in [6.45, 7) is 11.5. The number of imidazole rings is 1. The van der Waals surface area contributed by atoms with Crippen LogP contribution in [-0.2, 0) is 9.53 Å². The summed E-state index contributed by atoms with van der Waals surface area (Å²) in [4.78, 5) is 22.4. The van der Waals surface area contributed by atoms with Crippen LogP contribution in [0.15, 0.2) is 48.5 Å². The van der Waals surface area contributed by atoms with Crippen molar-refractivity contribution in [2.24, 2.45) is 0 Å². The number of fused-ring (bicyclic) bond motifs is 2. The third-order valence-electron chi connectivity index (χ3n) is 7.26. The number of carbonyl (C=O) groups is 1. The molecule has 1 saturated heterocycles. The Morgan fingerprint density at radius 2 is 1.77 bits per heavy atom. The quantitative estimate of drug-likeness (QED) is 0.221. The summed E-state index contributed by atoms with van der Waals surface area (Å²) < 4.78 is 9.36. The van der Waals surface area contributed by atoms with E-state index in [1.165, 1.54) is 0 Å². The van der Waals surface area contributed by atoms with E-state index in [1.807, 2.05) is 58.0 Å². The van der Waals surface area contributed by atoms with Gasteiger partial charge in [-0.1, -0.05) is 23.7 Å². The Morgan fingerprint density at radius 1 is 1.07 bits per heavy atom. The largest absolute Gasteiger partial charge is 0.479 e. The SMILES string of the molecule is Cc1cc2nc(-c3ccc4nc(C)n(C5CNC5)c4c3)sc2c(-c2ccc(Cl)cc2)c1C(OC(C)(C)C)C(=O)O. The van der Waals surface area contributed by atoms with Gasteiger partial charge in [-0.15, -0.1) is 11.3 Å². The fraction of sp³-hybridized carbons (Fsp3) is 0.323. The van der Waals surface area contributed by atoms with Gasteiger partial charge in [-0.05, 0) is 82.1 Å². The molecule has 0 amide bonds. The van der Waals surface area contributed by atoms with Crippen LogP contribution in [0.25, 0.3) is 42.9 Å². The molecule has 1 aliphatic rings. The zero-order valence-corrected chi connectivity index (χ0v) is 24.7. The monoisotopic (exact) mass is 574 g/mol. The van der Waals surface area contributed by atoms with E-state index in [-0.39, 0.29) is 0 Å². The van der Waals surface area contributed by atoms with Crippen molar-refractivity contribution >= 4 is 50.2 Å². The highest BCUT2D eigenvalue weighted by atomic mass is 35.5. The lowest BCUT2D eigenvalue weighted by Gasteiger charge is -2.30. The van der Waals surface area contributed by atoms with Crippen LogP contribution in [0.1, 0.15) is 49.9 Å². The summed E-state index contributed by atoms with van der Waals surface area (Å²) in [6, 6.07) is 16.2. The average Bonchev–Trinajstić information content (AvgIpc) is 3.41. The van der Waals surface area contributed by atoms with Gasteiger partial charge in [0.25, 0.3) is 0 Å². The number of nitrogens with zero attached hydrogens (tertiary/aromatic N) is 3. The molecule has 2 N–H and O–H groups in total. The minimum absolute atomic E-state index is 0.396. The number of benzene rings is 3. The highest BCUT2D eigenvalue weighted by Crippen LogP contribution is 2.44. The summed E-state index contributed by atoms with van der Waals surface area (Å²) in [5.41, 5.74) is 6.36. The van der Waals surface area contributed by atoms with Gasteiger partial charge in [0.15, 0.2) is 6.10 Å². The Balaban J connectivity index is 1.57. The van der Waals surface area contributed by atoms with Crippen LogP contribution >= 0.6 is 22.9 Å². The number of aromatic nitrogens is 3. The van der Waals surface area contributed by atoms with Crippen molar-refractivity contribution in [3.05, 3.63) is 70.5 Å². The summed E-state index contributed by atoms with van der Waals surface area (Å²) in [5, 5.41) is 15.1. The van der Waals surface area contributed by atoms with E-state index in [0.29, 0.717) is 16.6 Å². The number of aryl methyl sites for hydroxylation is 2. The third-order valence-corrected chi connectivity index (χ3v) is 8.65. The van der Waals surface area contributed by atoms with E-state index >= 15 is 0 Å². The Hall–Kier alpha value is -3.30. The summed E-state index contributed by atoms with van der Waals surface area (Å²) in [5.74, 6) is -0.0244. The van der Waals surface area contributed by atoms with Crippen LogP contribution < -0.4 is 5.32 Å². The zero-order valence-electron chi connectivity index (χ0n) is 23.1. The Morgan fingerprint density at radius 3 is 2.40 bits per heavy atom. The fourth-order valence-corrected chi connectivity index (χ4v) is 6.67. The summed E-state index contributed by atoms with van der Waals surface area (Å²) in [6.07, 6.45) is -1.15. The first-order chi connectivity index (χ1) is 19.0. The van der Waals surface area contributed by atoms with Crippen LogP contribution in [0, 0.1) is 13.8 Å². The molecule has 0 radical (unpaired) electrons. The molecule has 1 aliphatic heterocycles. The Kier molecular flexibility index (Phi) is 6.70. The molecule has 3 aromatic carbocycles. The molecule has 1 unspecified atom stereocenters. The number of carboxylic acid groups (broad SMARTS) is 1. The van der Waals surface area contributed by atoms with Gasteiger partial charge >= 0.3 is 5.97 Å². The normalized spacial score (nSPS) is 15.1. The number of aliphatic carboxylic acids is 1. The highest BCUT2D eigenvalue weighted by Gasteiger charge is 2.32. The number of hydrogen-bond donors (Lipinski definition) is 2. The maximum Gasteiger partial charge on any atom is 0.337 e. The average molecular weight is 575 g/mol. The topological polar surface area (TPSA) is 89.3 Å². The second-order valence-corrected chi connectivity index (χ2v) is 12.8. The molecule has 6 rings (SSSR count). The highest BCUT2D eigenvalue weighted by molar-refractivity contribution is 7.22. The molecule has 5 aromatic rings.